The molecule has 0 saturated carbocycles. The molecule has 0 aliphatic carbocycles. The van der Waals surface area contributed by atoms with Gasteiger partial charge in [-0.3, -0.25) is 9.59 Å². The van der Waals surface area contributed by atoms with Crippen LogP contribution in [0.15, 0.2) is 48.0 Å². The van der Waals surface area contributed by atoms with Gasteiger partial charge in [0.2, 0.25) is 0 Å². The number of methoxy groups -OCH3 is 3. The molecule has 8 heteroatoms. The van der Waals surface area contributed by atoms with Crippen LogP contribution in [0.3, 0.4) is 0 Å². The molecule has 1 saturated heterocycles. The maximum atomic E-state index is 13.2. The van der Waals surface area contributed by atoms with Gasteiger partial charge < -0.3 is 29.1 Å². The number of amides is 1. The highest BCUT2D eigenvalue weighted by molar-refractivity contribution is 6.46. The van der Waals surface area contributed by atoms with Gasteiger partial charge in [-0.05, 0) is 56.9 Å². The van der Waals surface area contributed by atoms with E-state index in [4.69, 9.17) is 14.2 Å². The van der Waals surface area contributed by atoms with Gasteiger partial charge in [0, 0.05) is 6.54 Å². The molecule has 1 unspecified atom stereocenters. The quantitative estimate of drug-likeness (QED) is 0.354. The molecule has 0 spiro atoms. The Balaban J connectivity index is 2.18. The summed E-state index contributed by atoms with van der Waals surface area (Å²) >= 11 is 0. The molecule has 1 aliphatic rings. The molecule has 3 rings (SSSR count). The van der Waals surface area contributed by atoms with Gasteiger partial charge in [-0.2, -0.15) is 0 Å². The standard InChI is InChI=1S/C25H30N2O6/c1-26(2)13-8-14-27-22(16-11-12-19(32-4)20(15-16)33-5)21(24(29)25(27)30)23(28)17-9-6-7-10-18(17)31-3/h6-7,9-12,15,22,28H,8,13-14H2,1-5H3/b23-21+. The maximum Gasteiger partial charge on any atom is 0.295 e. The fourth-order valence-electron chi connectivity index (χ4n) is 4.02. The second kappa shape index (κ2) is 10.4. The third kappa shape index (κ3) is 4.80. The molecule has 2 aromatic rings. The summed E-state index contributed by atoms with van der Waals surface area (Å²) in [6, 6.07) is 11.3. The molecule has 1 amide bonds. The van der Waals surface area contributed by atoms with Crippen molar-refractivity contribution in [2.75, 3.05) is 48.5 Å². The molecule has 1 N–H and O–H groups in total. The first-order chi connectivity index (χ1) is 15.8. The van der Waals surface area contributed by atoms with Crippen LogP contribution in [-0.4, -0.2) is 75.1 Å². The molecule has 0 aromatic heterocycles. The Morgan fingerprint density at radius 3 is 2.27 bits per heavy atom. The topological polar surface area (TPSA) is 88.5 Å². The van der Waals surface area contributed by atoms with Crippen LogP contribution in [0.5, 0.6) is 17.2 Å². The first-order valence-electron chi connectivity index (χ1n) is 10.6. The molecule has 2 aromatic carbocycles. The van der Waals surface area contributed by atoms with Crippen LogP contribution in [0.4, 0.5) is 0 Å². The van der Waals surface area contributed by atoms with Crippen molar-refractivity contribution in [3.63, 3.8) is 0 Å². The number of likely N-dealkylation sites (tertiary alicyclic amines) is 1. The van der Waals surface area contributed by atoms with Gasteiger partial charge in [0.15, 0.2) is 11.5 Å². The summed E-state index contributed by atoms with van der Waals surface area (Å²) in [7, 11) is 8.43. The highest BCUT2D eigenvalue weighted by Gasteiger charge is 2.46. The van der Waals surface area contributed by atoms with Crippen molar-refractivity contribution >= 4 is 17.4 Å². The largest absolute Gasteiger partial charge is 0.507 e. The summed E-state index contributed by atoms with van der Waals surface area (Å²) in [5.74, 6) is -0.268. The van der Waals surface area contributed by atoms with Crippen LogP contribution in [0.25, 0.3) is 5.76 Å². The third-order valence-corrected chi connectivity index (χ3v) is 5.63. The van der Waals surface area contributed by atoms with Gasteiger partial charge in [0.25, 0.3) is 11.7 Å². The molecule has 8 nitrogen and oxygen atoms in total. The summed E-state index contributed by atoms with van der Waals surface area (Å²) in [5, 5.41) is 11.2. The molecule has 176 valence electrons. The fourth-order valence-corrected chi connectivity index (χ4v) is 4.02. The number of aliphatic hydroxyl groups excluding tert-OH is 1. The number of carbonyl (C=O) groups is 2. The van der Waals surface area contributed by atoms with Crippen LogP contribution in [0.1, 0.15) is 23.6 Å². The van der Waals surface area contributed by atoms with E-state index < -0.39 is 17.7 Å². The lowest BCUT2D eigenvalue weighted by Crippen LogP contribution is -2.32. The van der Waals surface area contributed by atoms with Crippen LogP contribution < -0.4 is 14.2 Å². The second-order valence-electron chi connectivity index (χ2n) is 7.96. The number of hydrogen-bond acceptors (Lipinski definition) is 7. The number of para-hydroxylation sites is 1. The van der Waals surface area contributed by atoms with E-state index in [2.05, 4.69) is 0 Å². The van der Waals surface area contributed by atoms with E-state index in [1.807, 2.05) is 19.0 Å². The van der Waals surface area contributed by atoms with Crippen LogP contribution in [-0.2, 0) is 9.59 Å². The minimum Gasteiger partial charge on any atom is -0.507 e. The van der Waals surface area contributed by atoms with Gasteiger partial charge in [-0.1, -0.05) is 18.2 Å². The summed E-state index contributed by atoms with van der Waals surface area (Å²) < 4.78 is 16.1. The molecular formula is C25H30N2O6. The van der Waals surface area contributed by atoms with Gasteiger partial charge in [0.1, 0.15) is 11.5 Å². The van der Waals surface area contributed by atoms with Gasteiger partial charge in [-0.25, -0.2) is 0 Å². The molecule has 0 radical (unpaired) electrons. The molecule has 1 fully saturated rings. The minimum absolute atomic E-state index is 0.0153. The van der Waals surface area contributed by atoms with Crippen molar-refractivity contribution < 1.29 is 28.9 Å². The van der Waals surface area contributed by atoms with Gasteiger partial charge in [0.05, 0.1) is 38.5 Å². The number of Topliss-reactive ketones (excluding diaryl/α,β-unsaturated/α-hetero) is 1. The first kappa shape index (κ1) is 24.1. The number of benzene rings is 2. The van der Waals surface area contributed by atoms with Crippen LogP contribution in [0, 0.1) is 0 Å². The zero-order valence-corrected chi connectivity index (χ0v) is 19.6. The number of ether oxygens (including phenoxy) is 3. The highest BCUT2D eigenvalue weighted by Crippen LogP contribution is 2.43. The monoisotopic (exact) mass is 454 g/mol. The Kier molecular flexibility index (Phi) is 7.60. The number of carbonyl (C=O) groups excluding carboxylic acids is 2. The number of hydrogen-bond donors (Lipinski definition) is 1. The number of nitrogens with zero attached hydrogens (tertiary/aromatic N) is 2. The van der Waals surface area contributed by atoms with Gasteiger partial charge in [-0.15, -0.1) is 0 Å². The zero-order chi connectivity index (χ0) is 24.1. The molecular weight excluding hydrogens is 424 g/mol. The molecule has 33 heavy (non-hydrogen) atoms. The molecule has 1 aliphatic heterocycles. The third-order valence-electron chi connectivity index (χ3n) is 5.63. The van der Waals surface area contributed by atoms with Crippen molar-refractivity contribution in [2.45, 2.75) is 12.5 Å². The van der Waals surface area contributed by atoms with Crippen LogP contribution in [0.2, 0.25) is 0 Å². The van der Waals surface area contributed by atoms with Crippen LogP contribution >= 0.6 is 0 Å². The van der Waals surface area contributed by atoms with Crippen molar-refractivity contribution in [1.82, 2.24) is 9.80 Å². The van der Waals surface area contributed by atoms with Crippen molar-refractivity contribution in [2.24, 2.45) is 0 Å². The van der Waals surface area contributed by atoms with Crippen molar-refractivity contribution in [3.8, 4) is 17.2 Å². The van der Waals surface area contributed by atoms with E-state index in [0.717, 1.165) is 6.54 Å². The van der Waals surface area contributed by atoms with E-state index in [-0.39, 0.29) is 11.3 Å². The van der Waals surface area contributed by atoms with E-state index >= 15 is 0 Å². The summed E-state index contributed by atoms with van der Waals surface area (Å²) in [5.41, 5.74) is 0.992. The van der Waals surface area contributed by atoms with E-state index in [1.54, 1.807) is 42.5 Å². The van der Waals surface area contributed by atoms with E-state index in [0.29, 0.717) is 41.3 Å². The SMILES string of the molecule is COc1ccc(C2/C(=C(\O)c3ccccc3OC)C(=O)C(=O)N2CCCN(C)C)cc1OC. The predicted molar refractivity (Wildman–Crippen MR) is 125 cm³/mol. The minimum atomic E-state index is -0.781. The first-order valence-corrected chi connectivity index (χ1v) is 10.6. The maximum absolute atomic E-state index is 13.2. The molecule has 1 heterocycles. The summed E-state index contributed by atoms with van der Waals surface area (Å²) in [6.45, 7) is 1.10. The smallest absolute Gasteiger partial charge is 0.295 e. The van der Waals surface area contributed by atoms with Crippen molar-refractivity contribution in [3.05, 3.63) is 59.2 Å². The Hall–Kier alpha value is -3.52. The Morgan fingerprint density at radius 2 is 1.64 bits per heavy atom. The molecule has 1 atom stereocenters. The lowest BCUT2D eigenvalue weighted by molar-refractivity contribution is -0.139. The highest BCUT2D eigenvalue weighted by atomic mass is 16.5. The fraction of sp³-hybridized carbons (Fsp3) is 0.360. The second-order valence-corrected chi connectivity index (χ2v) is 7.96. The lowest BCUT2D eigenvalue weighted by atomic mass is 9.94. The Labute approximate surface area is 194 Å². The van der Waals surface area contributed by atoms with E-state index in [9.17, 15) is 14.7 Å². The van der Waals surface area contributed by atoms with Gasteiger partial charge >= 0.3 is 0 Å². The zero-order valence-electron chi connectivity index (χ0n) is 19.6. The molecule has 0 bridgehead atoms. The number of ketones is 1. The number of aliphatic hydroxyl groups is 1. The van der Waals surface area contributed by atoms with E-state index in [1.165, 1.54) is 26.2 Å². The number of rotatable bonds is 9. The Morgan fingerprint density at radius 1 is 0.970 bits per heavy atom. The Bertz CT molecular complexity index is 1060. The summed E-state index contributed by atoms with van der Waals surface area (Å²) in [6.07, 6.45) is 0.665. The normalized spacial score (nSPS) is 17.5. The summed E-state index contributed by atoms with van der Waals surface area (Å²) in [4.78, 5) is 29.8. The average Bonchev–Trinajstić information content (AvgIpc) is 3.07. The predicted octanol–water partition coefficient (Wildman–Crippen LogP) is 3.09. The lowest BCUT2D eigenvalue weighted by Gasteiger charge is -2.26. The van der Waals surface area contributed by atoms with Crippen molar-refractivity contribution in [1.29, 1.82) is 0 Å². The average molecular weight is 455 g/mol.